The third-order valence-electron chi connectivity index (χ3n) is 3.73. The minimum Gasteiger partial charge on any atom is -0.378 e. The molecule has 1 aromatic rings. The van der Waals surface area contributed by atoms with E-state index in [2.05, 4.69) is 45.0 Å². The van der Waals surface area contributed by atoms with Crippen LogP contribution in [0.25, 0.3) is 0 Å². The molecule has 0 spiro atoms. The highest BCUT2D eigenvalue weighted by molar-refractivity contribution is 5.27. The van der Waals surface area contributed by atoms with Crippen molar-refractivity contribution in [1.82, 2.24) is 0 Å². The Bertz CT molecular complexity index is 358. The van der Waals surface area contributed by atoms with E-state index in [1.54, 1.807) is 0 Å². The van der Waals surface area contributed by atoms with Crippen LogP contribution in [0.2, 0.25) is 0 Å². The molecule has 3 atom stereocenters. The summed E-state index contributed by atoms with van der Waals surface area (Å²) in [6.07, 6.45) is 1.44. The predicted molar refractivity (Wildman–Crippen MR) is 71.0 cm³/mol. The molecule has 2 heteroatoms. The predicted octanol–water partition coefficient (Wildman–Crippen LogP) is 3.23. The monoisotopic (exact) mass is 233 g/mol. The van der Waals surface area contributed by atoms with Gasteiger partial charge in [0.25, 0.3) is 0 Å². The number of benzene rings is 1. The van der Waals surface area contributed by atoms with E-state index in [4.69, 9.17) is 10.5 Å². The van der Waals surface area contributed by atoms with E-state index in [0.29, 0.717) is 17.9 Å². The van der Waals surface area contributed by atoms with E-state index in [-0.39, 0.29) is 6.04 Å². The number of hydrogen-bond donors (Lipinski definition) is 1. The zero-order valence-electron chi connectivity index (χ0n) is 11.0. The summed E-state index contributed by atoms with van der Waals surface area (Å²) in [5.41, 5.74) is 8.91. The van der Waals surface area contributed by atoms with Crippen molar-refractivity contribution in [3.8, 4) is 0 Å². The third kappa shape index (κ3) is 2.88. The largest absolute Gasteiger partial charge is 0.378 e. The van der Waals surface area contributed by atoms with E-state index < -0.39 is 0 Å². The van der Waals surface area contributed by atoms with Crippen molar-refractivity contribution < 1.29 is 4.74 Å². The molecule has 0 aromatic heterocycles. The molecule has 2 nitrogen and oxygen atoms in total. The number of nitrogens with two attached hydrogens (primary N) is 1. The summed E-state index contributed by atoms with van der Waals surface area (Å²) in [5.74, 6) is 1.05. The summed E-state index contributed by atoms with van der Waals surface area (Å²) in [5, 5.41) is 0. The standard InChI is InChI=1S/C15H23NO/c1-10(2)12-4-6-13(7-5-12)15(16)14-8-11(3)17-9-14/h4-7,10-11,14-15H,8-9,16H2,1-3H3. The molecule has 1 aliphatic rings. The molecule has 2 rings (SSSR count). The summed E-state index contributed by atoms with van der Waals surface area (Å²) in [7, 11) is 0. The van der Waals surface area contributed by atoms with E-state index in [1.807, 2.05) is 0 Å². The van der Waals surface area contributed by atoms with Gasteiger partial charge >= 0.3 is 0 Å². The Labute approximate surface area is 104 Å². The molecule has 94 valence electrons. The fourth-order valence-corrected chi connectivity index (χ4v) is 2.48. The van der Waals surface area contributed by atoms with Gasteiger partial charge < -0.3 is 10.5 Å². The highest BCUT2D eigenvalue weighted by atomic mass is 16.5. The van der Waals surface area contributed by atoms with Crippen LogP contribution in [0, 0.1) is 5.92 Å². The average molecular weight is 233 g/mol. The van der Waals surface area contributed by atoms with Crippen LogP contribution in [0.4, 0.5) is 0 Å². The molecule has 1 aromatic carbocycles. The molecule has 17 heavy (non-hydrogen) atoms. The summed E-state index contributed by atoms with van der Waals surface area (Å²) < 4.78 is 5.59. The van der Waals surface area contributed by atoms with E-state index in [9.17, 15) is 0 Å². The van der Waals surface area contributed by atoms with Gasteiger partial charge in [-0.1, -0.05) is 38.1 Å². The topological polar surface area (TPSA) is 35.2 Å². The summed E-state index contributed by atoms with van der Waals surface area (Å²) >= 11 is 0. The Morgan fingerprint density at radius 2 is 1.76 bits per heavy atom. The van der Waals surface area contributed by atoms with Crippen LogP contribution in [0.5, 0.6) is 0 Å². The molecule has 1 saturated heterocycles. The average Bonchev–Trinajstić information content (AvgIpc) is 2.75. The molecular weight excluding hydrogens is 210 g/mol. The minimum absolute atomic E-state index is 0.112. The van der Waals surface area contributed by atoms with Gasteiger partial charge in [-0.2, -0.15) is 0 Å². The fourth-order valence-electron chi connectivity index (χ4n) is 2.48. The molecule has 0 aliphatic carbocycles. The van der Waals surface area contributed by atoms with Crippen LogP contribution >= 0.6 is 0 Å². The lowest BCUT2D eigenvalue weighted by Gasteiger charge is -2.18. The maximum atomic E-state index is 6.31. The SMILES string of the molecule is CC1CC(C(N)c2ccc(C(C)C)cc2)CO1. The number of hydrogen-bond acceptors (Lipinski definition) is 2. The van der Waals surface area contributed by atoms with Crippen LogP contribution in [-0.2, 0) is 4.74 Å². The second-order valence-electron chi connectivity index (χ2n) is 5.49. The zero-order valence-corrected chi connectivity index (χ0v) is 11.0. The molecule has 0 radical (unpaired) electrons. The van der Waals surface area contributed by atoms with Gasteiger partial charge in [-0.05, 0) is 30.4 Å². The third-order valence-corrected chi connectivity index (χ3v) is 3.73. The van der Waals surface area contributed by atoms with Crippen LogP contribution in [0.1, 0.15) is 50.3 Å². The Kier molecular flexibility index (Phi) is 3.85. The van der Waals surface area contributed by atoms with Crippen LogP contribution in [-0.4, -0.2) is 12.7 Å². The number of rotatable bonds is 3. The molecular formula is C15H23NO. The van der Waals surface area contributed by atoms with Gasteiger partial charge in [0.1, 0.15) is 0 Å². The first-order valence-corrected chi connectivity index (χ1v) is 6.55. The Hall–Kier alpha value is -0.860. The summed E-state index contributed by atoms with van der Waals surface area (Å²) in [6, 6.07) is 8.84. The Balaban J connectivity index is 2.06. The second-order valence-corrected chi connectivity index (χ2v) is 5.49. The Morgan fingerprint density at radius 1 is 1.18 bits per heavy atom. The van der Waals surface area contributed by atoms with E-state index in [0.717, 1.165) is 13.0 Å². The minimum atomic E-state index is 0.112. The van der Waals surface area contributed by atoms with E-state index in [1.165, 1.54) is 11.1 Å². The normalized spacial score (nSPS) is 26.4. The lowest BCUT2D eigenvalue weighted by molar-refractivity contribution is 0.118. The lowest BCUT2D eigenvalue weighted by Crippen LogP contribution is -2.21. The van der Waals surface area contributed by atoms with Crippen molar-refractivity contribution >= 4 is 0 Å². The number of ether oxygens (including phenoxy) is 1. The van der Waals surface area contributed by atoms with Crippen LogP contribution in [0.15, 0.2) is 24.3 Å². The van der Waals surface area contributed by atoms with Gasteiger partial charge in [-0.15, -0.1) is 0 Å². The van der Waals surface area contributed by atoms with Crippen molar-refractivity contribution in [2.75, 3.05) is 6.61 Å². The smallest absolute Gasteiger partial charge is 0.0551 e. The highest BCUT2D eigenvalue weighted by Gasteiger charge is 2.28. The molecule has 3 unspecified atom stereocenters. The maximum Gasteiger partial charge on any atom is 0.0551 e. The molecule has 1 fully saturated rings. The van der Waals surface area contributed by atoms with Gasteiger partial charge in [-0.3, -0.25) is 0 Å². The van der Waals surface area contributed by atoms with Crippen molar-refractivity contribution in [2.24, 2.45) is 11.7 Å². The van der Waals surface area contributed by atoms with Crippen molar-refractivity contribution in [3.05, 3.63) is 35.4 Å². The Morgan fingerprint density at radius 3 is 2.24 bits per heavy atom. The molecule has 2 N–H and O–H groups in total. The first-order valence-electron chi connectivity index (χ1n) is 6.55. The molecule has 0 amide bonds. The van der Waals surface area contributed by atoms with Gasteiger partial charge in [0.05, 0.1) is 12.7 Å². The molecule has 1 aliphatic heterocycles. The summed E-state index contributed by atoms with van der Waals surface area (Å²) in [6.45, 7) is 7.34. The van der Waals surface area contributed by atoms with Crippen molar-refractivity contribution in [2.45, 2.75) is 45.3 Å². The quantitative estimate of drug-likeness (QED) is 0.870. The zero-order chi connectivity index (χ0) is 12.4. The van der Waals surface area contributed by atoms with Gasteiger partial charge in [0, 0.05) is 12.0 Å². The van der Waals surface area contributed by atoms with Crippen molar-refractivity contribution in [1.29, 1.82) is 0 Å². The lowest BCUT2D eigenvalue weighted by atomic mass is 9.90. The summed E-state index contributed by atoms with van der Waals surface area (Å²) in [4.78, 5) is 0. The van der Waals surface area contributed by atoms with Gasteiger partial charge in [0.15, 0.2) is 0 Å². The first-order chi connectivity index (χ1) is 8.08. The van der Waals surface area contributed by atoms with Crippen LogP contribution in [0.3, 0.4) is 0 Å². The highest BCUT2D eigenvalue weighted by Crippen LogP contribution is 2.30. The maximum absolute atomic E-state index is 6.31. The molecule has 1 heterocycles. The van der Waals surface area contributed by atoms with E-state index >= 15 is 0 Å². The second kappa shape index (κ2) is 5.19. The van der Waals surface area contributed by atoms with Crippen molar-refractivity contribution in [3.63, 3.8) is 0 Å². The van der Waals surface area contributed by atoms with Crippen LogP contribution < -0.4 is 5.73 Å². The first kappa shape index (κ1) is 12.6. The fraction of sp³-hybridized carbons (Fsp3) is 0.600. The molecule has 0 saturated carbocycles. The van der Waals surface area contributed by atoms with Gasteiger partial charge in [-0.25, -0.2) is 0 Å². The molecule has 0 bridgehead atoms. The van der Waals surface area contributed by atoms with Gasteiger partial charge in [0.2, 0.25) is 0 Å².